The normalized spacial score (nSPS) is 23.3. The fraction of sp³-hybridized carbons (Fsp3) is 0.533. The number of likely N-dealkylation sites (tertiary alicyclic amines) is 1. The third-order valence-electron chi connectivity index (χ3n) is 3.76. The van der Waals surface area contributed by atoms with E-state index >= 15 is 0 Å². The summed E-state index contributed by atoms with van der Waals surface area (Å²) in [5, 5.41) is 0. The second-order valence-electron chi connectivity index (χ2n) is 5.15. The van der Waals surface area contributed by atoms with E-state index in [-0.39, 0.29) is 11.9 Å². The summed E-state index contributed by atoms with van der Waals surface area (Å²) in [5.74, 6) is 1.13. The van der Waals surface area contributed by atoms with Gasteiger partial charge in [-0.3, -0.25) is 9.69 Å². The van der Waals surface area contributed by atoms with Gasteiger partial charge in [0, 0.05) is 19.6 Å². The lowest BCUT2D eigenvalue weighted by atomic mass is 9.99. The van der Waals surface area contributed by atoms with Crippen molar-refractivity contribution in [3.8, 4) is 5.75 Å². The fourth-order valence-electron chi connectivity index (χ4n) is 2.64. The average molecular weight is 263 g/mol. The van der Waals surface area contributed by atoms with Crippen LogP contribution in [0.4, 0.5) is 0 Å². The van der Waals surface area contributed by atoms with Crippen molar-refractivity contribution in [3.05, 3.63) is 29.8 Å². The zero-order valence-electron chi connectivity index (χ0n) is 11.8. The lowest BCUT2D eigenvalue weighted by Gasteiger charge is -2.15. The highest BCUT2D eigenvalue weighted by Gasteiger charge is 2.35. The van der Waals surface area contributed by atoms with Crippen molar-refractivity contribution < 1.29 is 14.3 Å². The maximum absolute atomic E-state index is 11.6. The van der Waals surface area contributed by atoms with Crippen molar-refractivity contribution in [2.75, 3.05) is 27.3 Å². The largest absolute Gasteiger partial charge is 0.497 e. The number of rotatable bonds is 4. The minimum atomic E-state index is -0.0928. The maximum Gasteiger partial charge on any atom is 0.310 e. The Kier molecular flexibility index (Phi) is 4.43. The van der Waals surface area contributed by atoms with Crippen LogP contribution in [0.15, 0.2) is 24.3 Å². The number of hydrogen-bond acceptors (Lipinski definition) is 4. The van der Waals surface area contributed by atoms with Crippen LogP contribution >= 0.6 is 0 Å². The number of nitrogens with zero attached hydrogens (tertiary/aromatic N) is 1. The molecule has 2 rings (SSSR count). The molecule has 0 amide bonds. The molecule has 0 aromatic heterocycles. The second-order valence-corrected chi connectivity index (χ2v) is 5.15. The van der Waals surface area contributed by atoms with Gasteiger partial charge >= 0.3 is 5.97 Å². The van der Waals surface area contributed by atoms with E-state index in [2.05, 4.69) is 24.0 Å². The molecule has 1 aliphatic heterocycles. The van der Waals surface area contributed by atoms with E-state index in [1.807, 2.05) is 12.1 Å². The summed E-state index contributed by atoms with van der Waals surface area (Å²) in [7, 11) is 3.12. The van der Waals surface area contributed by atoms with Crippen molar-refractivity contribution in [1.82, 2.24) is 4.90 Å². The average Bonchev–Trinajstić information content (AvgIpc) is 2.79. The molecular formula is C15H21NO3. The van der Waals surface area contributed by atoms with Crippen LogP contribution in [0.5, 0.6) is 5.75 Å². The van der Waals surface area contributed by atoms with Crippen LogP contribution in [0.3, 0.4) is 0 Å². The molecule has 2 atom stereocenters. The third kappa shape index (κ3) is 3.26. The first-order valence-corrected chi connectivity index (χ1v) is 6.57. The van der Waals surface area contributed by atoms with Gasteiger partial charge in [-0.25, -0.2) is 0 Å². The summed E-state index contributed by atoms with van der Waals surface area (Å²) in [6.45, 7) is 4.68. The van der Waals surface area contributed by atoms with Gasteiger partial charge in [0.05, 0.1) is 20.1 Å². The Labute approximate surface area is 114 Å². The molecule has 19 heavy (non-hydrogen) atoms. The van der Waals surface area contributed by atoms with Gasteiger partial charge in [0.25, 0.3) is 0 Å². The fourth-order valence-corrected chi connectivity index (χ4v) is 2.64. The molecule has 0 N–H and O–H groups in total. The predicted octanol–water partition coefficient (Wildman–Crippen LogP) is 1.94. The summed E-state index contributed by atoms with van der Waals surface area (Å²) in [4.78, 5) is 13.9. The minimum absolute atomic E-state index is 0.00301. The van der Waals surface area contributed by atoms with E-state index in [1.165, 1.54) is 12.7 Å². The summed E-state index contributed by atoms with van der Waals surface area (Å²) in [5.41, 5.74) is 1.23. The van der Waals surface area contributed by atoms with Crippen molar-refractivity contribution in [2.24, 2.45) is 11.8 Å². The predicted molar refractivity (Wildman–Crippen MR) is 72.9 cm³/mol. The zero-order chi connectivity index (χ0) is 13.8. The highest BCUT2D eigenvalue weighted by atomic mass is 16.5. The van der Waals surface area contributed by atoms with E-state index in [4.69, 9.17) is 9.47 Å². The quantitative estimate of drug-likeness (QED) is 0.778. The minimum Gasteiger partial charge on any atom is -0.497 e. The van der Waals surface area contributed by atoms with Crippen LogP contribution in [-0.4, -0.2) is 38.2 Å². The Hall–Kier alpha value is -1.55. The topological polar surface area (TPSA) is 38.8 Å². The number of ether oxygens (including phenoxy) is 2. The maximum atomic E-state index is 11.6. The van der Waals surface area contributed by atoms with Gasteiger partial charge in [0.15, 0.2) is 0 Å². The van der Waals surface area contributed by atoms with Gasteiger partial charge in [-0.15, -0.1) is 0 Å². The molecule has 0 saturated carbocycles. The monoisotopic (exact) mass is 263 g/mol. The zero-order valence-corrected chi connectivity index (χ0v) is 11.8. The van der Waals surface area contributed by atoms with E-state index in [1.54, 1.807) is 7.11 Å². The van der Waals surface area contributed by atoms with Crippen molar-refractivity contribution in [1.29, 1.82) is 0 Å². The number of carbonyl (C=O) groups excluding carboxylic acids is 1. The van der Waals surface area contributed by atoms with Gasteiger partial charge in [0.1, 0.15) is 5.75 Å². The summed E-state index contributed by atoms with van der Waals surface area (Å²) >= 11 is 0. The van der Waals surface area contributed by atoms with Gasteiger partial charge in [-0.2, -0.15) is 0 Å². The number of carbonyl (C=O) groups is 1. The summed E-state index contributed by atoms with van der Waals surface area (Å²) < 4.78 is 10.00. The number of benzene rings is 1. The highest BCUT2D eigenvalue weighted by Crippen LogP contribution is 2.25. The molecule has 1 heterocycles. The van der Waals surface area contributed by atoms with Gasteiger partial charge in [0.2, 0.25) is 0 Å². The molecule has 0 bridgehead atoms. The SMILES string of the molecule is COC(=O)C1CN(Cc2ccc(OC)cc2)CC1C. The Bertz CT molecular complexity index is 430. The first-order chi connectivity index (χ1) is 9.13. The van der Waals surface area contributed by atoms with Crippen LogP contribution in [-0.2, 0) is 16.1 Å². The number of methoxy groups -OCH3 is 2. The van der Waals surface area contributed by atoms with Crippen LogP contribution < -0.4 is 4.74 Å². The molecular weight excluding hydrogens is 242 g/mol. The number of hydrogen-bond donors (Lipinski definition) is 0. The number of esters is 1. The Morgan fingerprint density at radius 3 is 2.53 bits per heavy atom. The molecule has 1 saturated heterocycles. The lowest BCUT2D eigenvalue weighted by Crippen LogP contribution is -2.24. The first kappa shape index (κ1) is 13.9. The van der Waals surface area contributed by atoms with Gasteiger partial charge < -0.3 is 9.47 Å². The summed E-state index contributed by atoms with van der Waals surface area (Å²) in [6, 6.07) is 8.06. The van der Waals surface area contributed by atoms with Gasteiger partial charge in [-0.1, -0.05) is 19.1 Å². The molecule has 4 heteroatoms. The van der Waals surface area contributed by atoms with E-state index in [0.29, 0.717) is 5.92 Å². The molecule has 2 unspecified atom stereocenters. The van der Waals surface area contributed by atoms with Crippen molar-refractivity contribution in [2.45, 2.75) is 13.5 Å². The standard InChI is InChI=1S/C15H21NO3/c1-11-8-16(10-14(11)15(17)19-3)9-12-4-6-13(18-2)7-5-12/h4-7,11,14H,8-10H2,1-3H3. The molecule has 0 radical (unpaired) electrons. The molecule has 104 valence electrons. The Balaban J connectivity index is 1.95. The van der Waals surface area contributed by atoms with Gasteiger partial charge in [-0.05, 0) is 23.6 Å². The van der Waals surface area contributed by atoms with Crippen LogP contribution in [0.2, 0.25) is 0 Å². The Morgan fingerprint density at radius 2 is 1.95 bits per heavy atom. The molecule has 0 aliphatic carbocycles. The third-order valence-corrected chi connectivity index (χ3v) is 3.76. The van der Waals surface area contributed by atoms with E-state index in [9.17, 15) is 4.79 Å². The molecule has 1 aliphatic rings. The molecule has 0 spiro atoms. The smallest absolute Gasteiger partial charge is 0.310 e. The summed E-state index contributed by atoms with van der Waals surface area (Å²) in [6.07, 6.45) is 0. The lowest BCUT2D eigenvalue weighted by molar-refractivity contribution is -0.146. The first-order valence-electron chi connectivity index (χ1n) is 6.57. The molecule has 1 fully saturated rings. The molecule has 4 nitrogen and oxygen atoms in total. The van der Waals surface area contributed by atoms with Crippen molar-refractivity contribution >= 4 is 5.97 Å². The Morgan fingerprint density at radius 1 is 1.26 bits per heavy atom. The van der Waals surface area contributed by atoms with Crippen LogP contribution in [0.1, 0.15) is 12.5 Å². The molecule has 1 aromatic rings. The van der Waals surface area contributed by atoms with Crippen LogP contribution in [0.25, 0.3) is 0 Å². The van der Waals surface area contributed by atoms with E-state index < -0.39 is 0 Å². The van der Waals surface area contributed by atoms with E-state index in [0.717, 1.165) is 25.4 Å². The van der Waals surface area contributed by atoms with Crippen LogP contribution in [0, 0.1) is 11.8 Å². The second kappa shape index (κ2) is 6.06. The molecule has 1 aromatic carbocycles. The highest BCUT2D eigenvalue weighted by molar-refractivity contribution is 5.73. The van der Waals surface area contributed by atoms with Crippen molar-refractivity contribution in [3.63, 3.8) is 0 Å².